The van der Waals surface area contributed by atoms with Crippen LogP contribution in [0.15, 0.2) is 28.7 Å². The molecule has 1 fully saturated rings. The summed E-state index contributed by atoms with van der Waals surface area (Å²) in [6.07, 6.45) is 1.69. The standard InChI is InChI=1S/C11H15BrNOP/c1-15(14)7-5-13(6-8-15)11-4-2-3-10(12)9-11/h2-4,9H,5-8H2,1H3. The zero-order valence-corrected chi connectivity index (χ0v) is 11.3. The van der Waals surface area contributed by atoms with Crippen LogP contribution in [-0.2, 0) is 4.57 Å². The van der Waals surface area contributed by atoms with E-state index in [0.717, 1.165) is 29.9 Å². The molecular formula is C11H15BrNOP. The van der Waals surface area contributed by atoms with Gasteiger partial charge in [-0.3, -0.25) is 0 Å². The van der Waals surface area contributed by atoms with E-state index in [1.165, 1.54) is 5.69 Å². The van der Waals surface area contributed by atoms with Gasteiger partial charge in [0.05, 0.1) is 7.14 Å². The molecular weight excluding hydrogens is 273 g/mol. The number of benzene rings is 1. The molecule has 1 aromatic carbocycles. The summed E-state index contributed by atoms with van der Waals surface area (Å²) in [6.45, 7) is 3.76. The lowest BCUT2D eigenvalue weighted by Gasteiger charge is -2.32. The third-order valence-electron chi connectivity index (χ3n) is 2.86. The van der Waals surface area contributed by atoms with E-state index in [4.69, 9.17) is 0 Å². The Morgan fingerprint density at radius 1 is 1.33 bits per heavy atom. The molecule has 0 atom stereocenters. The van der Waals surface area contributed by atoms with Gasteiger partial charge in [-0.1, -0.05) is 22.0 Å². The third kappa shape index (κ3) is 2.85. The fraction of sp³-hybridized carbons (Fsp3) is 0.455. The Morgan fingerprint density at radius 2 is 2.00 bits per heavy atom. The normalized spacial score (nSPS) is 20.3. The minimum atomic E-state index is -1.81. The van der Waals surface area contributed by atoms with Crippen molar-refractivity contribution in [2.75, 3.05) is 37.0 Å². The summed E-state index contributed by atoms with van der Waals surface area (Å²) in [4.78, 5) is 2.31. The fourth-order valence-corrected chi connectivity index (χ4v) is 3.76. The molecule has 0 aromatic heterocycles. The topological polar surface area (TPSA) is 20.3 Å². The molecule has 1 aromatic rings. The predicted octanol–water partition coefficient (Wildman–Crippen LogP) is 3.26. The van der Waals surface area contributed by atoms with E-state index in [2.05, 4.69) is 33.0 Å². The molecule has 0 bridgehead atoms. The maximum Gasteiger partial charge on any atom is 0.0882 e. The van der Waals surface area contributed by atoms with Gasteiger partial charge in [-0.15, -0.1) is 0 Å². The molecule has 0 N–H and O–H groups in total. The highest BCUT2D eigenvalue weighted by Gasteiger charge is 2.23. The molecule has 2 nitrogen and oxygen atoms in total. The van der Waals surface area contributed by atoms with Gasteiger partial charge in [0.2, 0.25) is 0 Å². The highest BCUT2D eigenvalue weighted by molar-refractivity contribution is 9.10. The molecule has 1 aliphatic rings. The quantitative estimate of drug-likeness (QED) is 0.739. The van der Waals surface area contributed by atoms with Crippen LogP contribution >= 0.6 is 23.1 Å². The summed E-state index contributed by atoms with van der Waals surface area (Å²) in [7, 11) is -1.81. The zero-order valence-electron chi connectivity index (χ0n) is 8.82. The molecule has 0 unspecified atom stereocenters. The molecule has 2 rings (SSSR count). The van der Waals surface area contributed by atoms with Gasteiger partial charge in [0.1, 0.15) is 0 Å². The van der Waals surface area contributed by atoms with Crippen LogP contribution in [0.1, 0.15) is 0 Å². The molecule has 0 aliphatic carbocycles. The van der Waals surface area contributed by atoms with E-state index >= 15 is 0 Å². The fourth-order valence-electron chi connectivity index (χ4n) is 1.82. The van der Waals surface area contributed by atoms with Crippen LogP contribution in [0, 0.1) is 0 Å². The number of halogens is 1. The lowest BCUT2D eigenvalue weighted by molar-refractivity contribution is 0.572. The predicted molar refractivity (Wildman–Crippen MR) is 69.6 cm³/mol. The SMILES string of the molecule is CP1(=O)CCN(c2cccc(Br)c2)CC1. The Kier molecular flexibility index (Phi) is 3.22. The van der Waals surface area contributed by atoms with E-state index in [-0.39, 0.29) is 0 Å². The first kappa shape index (κ1) is 11.2. The molecule has 0 saturated carbocycles. The first-order valence-corrected chi connectivity index (χ1v) is 8.45. The van der Waals surface area contributed by atoms with Gasteiger partial charge in [-0.2, -0.15) is 0 Å². The Hall–Kier alpha value is -0.270. The van der Waals surface area contributed by atoms with Crippen LogP contribution in [0.5, 0.6) is 0 Å². The Morgan fingerprint density at radius 3 is 2.60 bits per heavy atom. The van der Waals surface area contributed by atoms with E-state index in [9.17, 15) is 4.57 Å². The number of hydrogen-bond donors (Lipinski definition) is 0. The molecule has 0 radical (unpaired) electrons. The average Bonchev–Trinajstić information content (AvgIpc) is 2.17. The van der Waals surface area contributed by atoms with E-state index in [1.54, 1.807) is 0 Å². The monoisotopic (exact) mass is 287 g/mol. The van der Waals surface area contributed by atoms with Crippen molar-refractivity contribution in [1.29, 1.82) is 0 Å². The summed E-state index contributed by atoms with van der Waals surface area (Å²) in [6, 6.07) is 8.29. The van der Waals surface area contributed by atoms with Crippen LogP contribution in [0.4, 0.5) is 5.69 Å². The van der Waals surface area contributed by atoms with E-state index in [0.29, 0.717) is 0 Å². The van der Waals surface area contributed by atoms with Crippen LogP contribution in [0.2, 0.25) is 0 Å². The second-order valence-electron chi connectivity index (χ2n) is 4.21. The Labute approximate surface area is 99.2 Å². The van der Waals surface area contributed by atoms with Gasteiger partial charge in [-0.25, -0.2) is 0 Å². The van der Waals surface area contributed by atoms with E-state index in [1.807, 2.05) is 18.8 Å². The van der Waals surface area contributed by atoms with Crippen molar-refractivity contribution >= 4 is 28.8 Å². The van der Waals surface area contributed by atoms with Crippen molar-refractivity contribution < 1.29 is 4.57 Å². The first-order chi connectivity index (χ1) is 7.07. The smallest absolute Gasteiger partial charge is 0.0882 e. The van der Waals surface area contributed by atoms with Crippen LogP contribution in [-0.4, -0.2) is 32.1 Å². The maximum atomic E-state index is 11.8. The van der Waals surface area contributed by atoms with Gasteiger partial charge in [0, 0.05) is 35.6 Å². The third-order valence-corrected chi connectivity index (χ3v) is 5.64. The Balaban J connectivity index is 2.11. The van der Waals surface area contributed by atoms with Crippen molar-refractivity contribution in [3.63, 3.8) is 0 Å². The molecule has 1 heterocycles. The van der Waals surface area contributed by atoms with Gasteiger partial charge < -0.3 is 9.46 Å². The van der Waals surface area contributed by atoms with Crippen molar-refractivity contribution in [1.82, 2.24) is 0 Å². The minimum Gasteiger partial charge on any atom is -0.371 e. The summed E-state index contributed by atoms with van der Waals surface area (Å²) < 4.78 is 12.9. The Bertz CT molecular complexity index is 395. The first-order valence-electron chi connectivity index (χ1n) is 5.13. The maximum absolute atomic E-state index is 11.8. The summed E-state index contributed by atoms with van der Waals surface area (Å²) in [5, 5.41) is 0. The van der Waals surface area contributed by atoms with Gasteiger partial charge in [0.25, 0.3) is 0 Å². The molecule has 82 valence electrons. The van der Waals surface area contributed by atoms with Crippen molar-refractivity contribution in [2.24, 2.45) is 0 Å². The van der Waals surface area contributed by atoms with Crippen molar-refractivity contribution in [3.8, 4) is 0 Å². The lowest BCUT2D eigenvalue weighted by Crippen LogP contribution is -2.34. The largest absolute Gasteiger partial charge is 0.371 e. The average molecular weight is 288 g/mol. The summed E-state index contributed by atoms with van der Waals surface area (Å²) in [5.41, 5.74) is 1.23. The van der Waals surface area contributed by atoms with Crippen molar-refractivity contribution in [3.05, 3.63) is 28.7 Å². The molecule has 15 heavy (non-hydrogen) atoms. The second-order valence-corrected chi connectivity index (χ2v) is 8.61. The van der Waals surface area contributed by atoms with Gasteiger partial charge in [0.15, 0.2) is 0 Å². The molecule has 0 amide bonds. The van der Waals surface area contributed by atoms with E-state index < -0.39 is 7.14 Å². The van der Waals surface area contributed by atoms with Crippen LogP contribution in [0.3, 0.4) is 0 Å². The minimum absolute atomic E-state index is 0.847. The van der Waals surface area contributed by atoms with Gasteiger partial charge in [-0.05, 0) is 24.9 Å². The molecule has 0 spiro atoms. The number of hydrogen-bond acceptors (Lipinski definition) is 2. The van der Waals surface area contributed by atoms with Crippen LogP contribution < -0.4 is 4.90 Å². The highest BCUT2D eigenvalue weighted by atomic mass is 79.9. The van der Waals surface area contributed by atoms with Crippen molar-refractivity contribution in [2.45, 2.75) is 0 Å². The number of anilines is 1. The molecule has 1 saturated heterocycles. The molecule has 4 heteroatoms. The molecule has 1 aliphatic heterocycles. The highest BCUT2D eigenvalue weighted by Crippen LogP contribution is 2.43. The second kappa shape index (κ2) is 4.31. The van der Waals surface area contributed by atoms with Crippen LogP contribution in [0.25, 0.3) is 0 Å². The number of nitrogens with zero attached hydrogens (tertiary/aromatic N) is 1. The summed E-state index contributed by atoms with van der Waals surface area (Å²) >= 11 is 3.47. The summed E-state index contributed by atoms with van der Waals surface area (Å²) in [5.74, 6) is 0. The zero-order chi connectivity index (χ0) is 10.9. The van der Waals surface area contributed by atoms with Gasteiger partial charge >= 0.3 is 0 Å². The lowest BCUT2D eigenvalue weighted by atomic mass is 10.3. The number of rotatable bonds is 1.